The average molecular weight is 287 g/mol. The second-order valence-electron chi connectivity index (χ2n) is 4.34. The van der Waals surface area contributed by atoms with Gasteiger partial charge in [0, 0.05) is 25.5 Å². The molecule has 0 radical (unpaired) electrons. The molecule has 0 aliphatic carbocycles. The Morgan fingerprint density at radius 1 is 1.48 bits per heavy atom. The van der Waals surface area contributed by atoms with Gasteiger partial charge >= 0.3 is 6.03 Å². The van der Waals surface area contributed by atoms with Gasteiger partial charge in [0.15, 0.2) is 0 Å². The number of hydrogen-bond acceptors (Lipinski definition) is 3. The van der Waals surface area contributed by atoms with Crippen molar-refractivity contribution in [3.8, 4) is 6.07 Å². The highest BCUT2D eigenvalue weighted by atomic mass is 19.1. The van der Waals surface area contributed by atoms with Gasteiger partial charge in [-0.1, -0.05) is 0 Å². The first-order chi connectivity index (χ1) is 10.2. The third kappa shape index (κ3) is 4.31. The topological polar surface area (TPSA) is 82.7 Å². The molecule has 6 nitrogen and oxygen atoms in total. The van der Waals surface area contributed by atoms with Crippen LogP contribution in [0.15, 0.2) is 36.9 Å². The highest BCUT2D eigenvalue weighted by Crippen LogP contribution is 2.15. The lowest BCUT2D eigenvalue weighted by atomic mass is 10.2. The summed E-state index contributed by atoms with van der Waals surface area (Å²) in [6.07, 6.45) is 5.99. The van der Waals surface area contributed by atoms with Crippen LogP contribution in [-0.4, -0.2) is 22.1 Å². The van der Waals surface area contributed by atoms with E-state index < -0.39 is 11.8 Å². The standard InChI is InChI=1S/C14H14FN5O/c15-12-2-3-13(11(8-12)9-16)19-14(21)18-4-1-6-20-7-5-17-10-20/h2-3,5,7-8,10H,1,4,6H2,(H2,18,19,21). The first-order valence-corrected chi connectivity index (χ1v) is 6.39. The van der Waals surface area contributed by atoms with Crippen molar-refractivity contribution in [2.75, 3.05) is 11.9 Å². The van der Waals surface area contributed by atoms with Crippen molar-refractivity contribution in [3.05, 3.63) is 48.3 Å². The molecule has 0 saturated carbocycles. The van der Waals surface area contributed by atoms with E-state index in [-0.39, 0.29) is 11.3 Å². The molecular weight excluding hydrogens is 273 g/mol. The molecule has 2 N–H and O–H groups in total. The van der Waals surface area contributed by atoms with Crippen molar-refractivity contribution in [2.45, 2.75) is 13.0 Å². The van der Waals surface area contributed by atoms with Gasteiger partial charge < -0.3 is 15.2 Å². The largest absolute Gasteiger partial charge is 0.338 e. The second-order valence-corrected chi connectivity index (χ2v) is 4.34. The van der Waals surface area contributed by atoms with Crippen LogP contribution in [-0.2, 0) is 6.54 Å². The van der Waals surface area contributed by atoms with Crippen LogP contribution in [0.5, 0.6) is 0 Å². The number of nitrogens with zero attached hydrogens (tertiary/aromatic N) is 3. The number of benzene rings is 1. The van der Waals surface area contributed by atoms with Gasteiger partial charge in [-0.05, 0) is 24.6 Å². The zero-order valence-electron chi connectivity index (χ0n) is 11.2. The minimum atomic E-state index is -0.516. The summed E-state index contributed by atoms with van der Waals surface area (Å²) >= 11 is 0. The Labute approximate surface area is 121 Å². The smallest absolute Gasteiger partial charge is 0.319 e. The van der Waals surface area contributed by atoms with E-state index in [1.807, 2.05) is 16.8 Å². The molecule has 2 amide bonds. The molecule has 7 heteroatoms. The van der Waals surface area contributed by atoms with Gasteiger partial charge in [0.25, 0.3) is 0 Å². The van der Waals surface area contributed by atoms with Crippen molar-refractivity contribution in [3.63, 3.8) is 0 Å². The van der Waals surface area contributed by atoms with Crippen LogP contribution in [0.2, 0.25) is 0 Å². The number of carbonyl (C=O) groups excluding carboxylic acids is 1. The van der Waals surface area contributed by atoms with Gasteiger partial charge in [-0.15, -0.1) is 0 Å². The fourth-order valence-corrected chi connectivity index (χ4v) is 1.77. The Hall–Kier alpha value is -2.88. The molecule has 0 aliphatic heterocycles. The average Bonchev–Trinajstić information content (AvgIpc) is 2.99. The monoisotopic (exact) mass is 287 g/mol. The Morgan fingerprint density at radius 2 is 2.33 bits per heavy atom. The fraction of sp³-hybridized carbons (Fsp3) is 0.214. The second kappa shape index (κ2) is 7.05. The highest BCUT2D eigenvalue weighted by Gasteiger charge is 2.07. The minimum absolute atomic E-state index is 0.0866. The van der Waals surface area contributed by atoms with Gasteiger partial charge in [0.05, 0.1) is 17.6 Å². The van der Waals surface area contributed by atoms with Crippen molar-refractivity contribution >= 4 is 11.7 Å². The number of aryl methyl sites for hydroxylation is 1. The van der Waals surface area contributed by atoms with E-state index in [1.165, 1.54) is 12.1 Å². The van der Waals surface area contributed by atoms with Crippen molar-refractivity contribution in [2.24, 2.45) is 0 Å². The maximum atomic E-state index is 13.0. The zero-order valence-corrected chi connectivity index (χ0v) is 11.2. The van der Waals surface area contributed by atoms with Gasteiger partial charge in [-0.25, -0.2) is 14.2 Å². The van der Waals surface area contributed by atoms with E-state index in [9.17, 15) is 9.18 Å². The van der Waals surface area contributed by atoms with Crippen molar-refractivity contribution in [1.29, 1.82) is 5.26 Å². The number of anilines is 1. The molecule has 1 aromatic carbocycles. The lowest BCUT2D eigenvalue weighted by molar-refractivity contribution is 0.252. The quantitative estimate of drug-likeness (QED) is 0.826. The van der Waals surface area contributed by atoms with Gasteiger partial charge in [-0.3, -0.25) is 0 Å². The molecule has 0 fully saturated rings. The predicted octanol–water partition coefficient (Wildman–Crippen LogP) is 2.11. The van der Waals surface area contributed by atoms with Crippen LogP contribution in [0.4, 0.5) is 14.9 Å². The third-order valence-corrected chi connectivity index (χ3v) is 2.79. The van der Waals surface area contributed by atoms with E-state index in [0.29, 0.717) is 6.54 Å². The lowest BCUT2D eigenvalue weighted by Crippen LogP contribution is -2.30. The van der Waals surface area contributed by atoms with Crippen molar-refractivity contribution in [1.82, 2.24) is 14.9 Å². The van der Waals surface area contributed by atoms with Gasteiger partial charge in [-0.2, -0.15) is 5.26 Å². The summed E-state index contributed by atoms with van der Waals surface area (Å²) in [7, 11) is 0. The summed E-state index contributed by atoms with van der Waals surface area (Å²) < 4.78 is 14.9. The van der Waals surface area contributed by atoms with Crippen LogP contribution in [0.3, 0.4) is 0 Å². The van der Waals surface area contributed by atoms with Crippen LogP contribution in [0.1, 0.15) is 12.0 Å². The molecule has 0 atom stereocenters. The van der Waals surface area contributed by atoms with Crippen LogP contribution in [0, 0.1) is 17.1 Å². The Bertz CT molecular complexity index is 648. The van der Waals surface area contributed by atoms with Crippen molar-refractivity contribution < 1.29 is 9.18 Å². The normalized spacial score (nSPS) is 9.90. The highest BCUT2D eigenvalue weighted by molar-refractivity contribution is 5.90. The third-order valence-electron chi connectivity index (χ3n) is 2.79. The van der Waals surface area contributed by atoms with E-state index in [0.717, 1.165) is 19.0 Å². The number of imidazole rings is 1. The molecule has 0 aliphatic rings. The maximum absolute atomic E-state index is 13.0. The molecule has 21 heavy (non-hydrogen) atoms. The Balaban J connectivity index is 1.78. The minimum Gasteiger partial charge on any atom is -0.338 e. The number of halogens is 1. The first kappa shape index (κ1) is 14.5. The molecule has 2 rings (SSSR count). The Morgan fingerprint density at radius 3 is 3.05 bits per heavy atom. The lowest BCUT2D eigenvalue weighted by Gasteiger charge is -2.09. The van der Waals surface area contributed by atoms with Crippen LogP contribution in [0.25, 0.3) is 0 Å². The zero-order chi connectivity index (χ0) is 15.1. The molecule has 2 aromatic rings. The van der Waals surface area contributed by atoms with E-state index in [4.69, 9.17) is 5.26 Å². The summed E-state index contributed by atoms with van der Waals surface area (Å²) in [5.74, 6) is -0.516. The summed E-state index contributed by atoms with van der Waals surface area (Å²) in [5, 5.41) is 14.1. The van der Waals surface area contributed by atoms with Crippen LogP contribution >= 0.6 is 0 Å². The number of nitriles is 1. The van der Waals surface area contributed by atoms with E-state index in [2.05, 4.69) is 15.6 Å². The molecule has 0 saturated heterocycles. The SMILES string of the molecule is N#Cc1cc(F)ccc1NC(=O)NCCCn1ccnc1. The van der Waals surface area contributed by atoms with Gasteiger partial charge in [0.1, 0.15) is 11.9 Å². The summed E-state index contributed by atoms with van der Waals surface area (Å²) in [5.41, 5.74) is 0.370. The molecule has 0 bridgehead atoms. The molecular formula is C14H14FN5O. The number of urea groups is 1. The first-order valence-electron chi connectivity index (χ1n) is 6.39. The molecule has 1 aromatic heterocycles. The number of hydrogen-bond donors (Lipinski definition) is 2. The van der Waals surface area contributed by atoms with E-state index >= 15 is 0 Å². The van der Waals surface area contributed by atoms with Crippen LogP contribution < -0.4 is 10.6 Å². The number of aromatic nitrogens is 2. The molecule has 0 spiro atoms. The fourth-order valence-electron chi connectivity index (χ4n) is 1.77. The maximum Gasteiger partial charge on any atom is 0.319 e. The molecule has 1 heterocycles. The number of carbonyl (C=O) groups is 1. The number of nitrogens with one attached hydrogen (secondary N) is 2. The summed E-state index contributed by atoms with van der Waals surface area (Å²) in [6, 6.07) is 5.04. The summed E-state index contributed by atoms with van der Waals surface area (Å²) in [4.78, 5) is 15.6. The predicted molar refractivity (Wildman–Crippen MR) is 75.0 cm³/mol. The number of rotatable bonds is 5. The summed E-state index contributed by atoms with van der Waals surface area (Å²) in [6.45, 7) is 1.23. The van der Waals surface area contributed by atoms with Gasteiger partial charge in [0.2, 0.25) is 0 Å². The van der Waals surface area contributed by atoms with E-state index in [1.54, 1.807) is 12.5 Å². The molecule has 108 valence electrons. The number of amides is 2. The Kier molecular flexibility index (Phi) is 4.88. The molecule has 0 unspecified atom stereocenters.